The van der Waals surface area contributed by atoms with Crippen molar-refractivity contribution < 1.29 is 14.3 Å². The number of carbonyl (C=O) groups is 2. The van der Waals surface area contributed by atoms with Gasteiger partial charge >= 0.3 is 0 Å². The van der Waals surface area contributed by atoms with E-state index in [0.29, 0.717) is 29.2 Å². The Morgan fingerprint density at radius 2 is 1.72 bits per heavy atom. The van der Waals surface area contributed by atoms with E-state index in [1.165, 1.54) is 6.92 Å². The van der Waals surface area contributed by atoms with E-state index in [9.17, 15) is 9.59 Å². The number of aryl methyl sites for hydroxylation is 1. The topological polar surface area (TPSA) is 105 Å². The first-order chi connectivity index (χ1) is 15.4. The summed E-state index contributed by atoms with van der Waals surface area (Å²) >= 11 is 0. The zero-order chi connectivity index (χ0) is 22.9. The number of anilines is 2. The molecule has 0 saturated carbocycles. The minimum absolute atomic E-state index is 0.177. The first-order valence-corrected chi connectivity index (χ1v) is 9.98. The number of guanidine groups is 1. The molecule has 0 unspecified atom stereocenters. The molecule has 0 aliphatic carbocycles. The molecule has 0 saturated heterocycles. The van der Waals surface area contributed by atoms with E-state index in [-0.39, 0.29) is 17.8 Å². The second kappa shape index (κ2) is 10.7. The Bertz CT molecular complexity index is 1110. The molecular weight excluding hydrogens is 406 g/mol. The normalized spacial score (nSPS) is 10.9. The lowest BCUT2D eigenvalue weighted by atomic mass is 10.2. The second-order valence-electron chi connectivity index (χ2n) is 7.06. The van der Waals surface area contributed by atoms with Crippen LogP contribution in [0.1, 0.15) is 28.4 Å². The standard InChI is InChI=1S/C24H25N5O3/c1-16-4-9-22(32-3)21(14-16)28-24(26-15-18-10-12-25-13-11-18)29-23(31)19-5-7-20(8-6-19)27-17(2)30/h4-14H,15H2,1-3H3,(H,27,30)(H2,26,28,29,31). The Balaban J connectivity index is 1.82. The van der Waals surface area contributed by atoms with Crippen molar-refractivity contribution >= 4 is 29.1 Å². The zero-order valence-corrected chi connectivity index (χ0v) is 18.2. The molecule has 1 aromatic heterocycles. The monoisotopic (exact) mass is 431 g/mol. The van der Waals surface area contributed by atoms with Crippen LogP contribution in [0.2, 0.25) is 0 Å². The van der Waals surface area contributed by atoms with Crippen molar-refractivity contribution in [3.8, 4) is 5.75 Å². The summed E-state index contributed by atoms with van der Waals surface area (Å²) in [4.78, 5) is 32.6. The largest absolute Gasteiger partial charge is 0.495 e. The minimum atomic E-state index is -0.341. The number of methoxy groups -OCH3 is 1. The van der Waals surface area contributed by atoms with E-state index >= 15 is 0 Å². The number of rotatable bonds is 6. The van der Waals surface area contributed by atoms with Gasteiger partial charge in [-0.1, -0.05) is 6.07 Å². The number of pyridine rings is 1. The predicted molar refractivity (Wildman–Crippen MR) is 125 cm³/mol. The van der Waals surface area contributed by atoms with Crippen LogP contribution in [0.25, 0.3) is 0 Å². The van der Waals surface area contributed by atoms with Gasteiger partial charge in [0.2, 0.25) is 11.9 Å². The van der Waals surface area contributed by atoms with Crippen molar-refractivity contribution in [1.29, 1.82) is 0 Å². The highest BCUT2D eigenvalue weighted by Crippen LogP contribution is 2.25. The number of hydrogen-bond acceptors (Lipinski definition) is 5. The Labute approximate surface area is 186 Å². The van der Waals surface area contributed by atoms with Gasteiger partial charge in [-0.2, -0.15) is 0 Å². The van der Waals surface area contributed by atoms with Crippen LogP contribution in [0.5, 0.6) is 5.75 Å². The average molecular weight is 431 g/mol. The SMILES string of the molecule is COc1ccc(C)cc1NC(=NCc1ccncc1)NC(=O)c1ccc(NC(C)=O)cc1. The maximum Gasteiger partial charge on any atom is 0.257 e. The third-order valence-corrected chi connectivity index (χ3v) is 4.48. The van der Waals surface area contributed by atoms with Gasteiger partial charge in [-0.05, 0) is 66.6 Å². The van der Waals surface area contributed by atoms with Crippen molar-refractivity contribution in [1.82, 2.24) is 10.3 Å². The predicted octanol–water partition coefficient (Wildman–Crippen LogP) is 3.76. The van der Waals surface area contributed by atoms with Gasteiger partial charge in [0, 0.05) is 30.6 Å². The van der Waals surface area contributed by atoms with Crippen LogP contribution >= 0.6 is 0 Å². The third-order valence-electron chi connectivity index (χ3n) is 4.48. The van der Waals surface area contributed by atoms with E-state index < -0.39 is 0 Å². The summed E-state index contributed by atoms with van der Waals surface area (Å²) in [6.45, 7) is 3.74. The molecule has 0 atom stereocenters. The van der Waals surface area contributed by atoms with Crippen LogP contribution in [0.15, 0.2) is 72.0 Å². The van der Waals surface area contributed by atoms with Crippen molar-refractivity contribution in [2.24, 2.45) is 4.99 Å². The van der Waals surface area contributed by atoms with Gasteiger partial charge in [0.25, 0.3) is 5.91 Å². The van der Waals surface area contributed by atoms with Crippen molar-refractivity contribution in [2.75, 3.05) is 17.7 Å². The highest BCUT2D eigenvalue weighted by atomic mass is 16.5. The van der Waals surface area contributed by atoms with Gasteiger partial charge in [-0.15, -0.1) is 0 Å². The highest BCUT2D eigenvalue weighted by Gasteiger charge is 2.12. The van der Waals surface area contributed by atoms with Crippen LogP contribution in [0.4, 0.5) is 11.4 Å². The summed E-state index contributed by atoms with van der Waals surface area (Å²) < 4.78 is 5.43. The maximum absolute atomic E-state index is 12.9. The zero-order valence-electron chi connectivity index (χ0n) is 18.2. The number of amides is 2. The van der Waals surface area contributed by atoms with E-state index in [4.69, 9.17) is 4.74 Å². The Kier molecular flexibility index (Phi) is 7.53. The molecule has 2 amide bonds. The summed E-state index contributed by atoms with van der Waals surface area (Å²) in [6, 6.07) is 16.0. The number of nitrogens with one attached hydrogen (secondary N) is 3. The van der Waals surface area contributed by atoms with Crippen LogP contribution in [-0.2, 0) is 11.3 Å². The molecule has 8 heteroatoms. The van der Waals surface area contributed by atoms with Crippen LogP contribution in [0.3, 0.4) is 0 Å². The van der Waals surface area contributed by atoms with E-state index in [1.54, 1.807) is 43.8 Å². The molecule has 1 heterocycles. The number of ether oxygens (including phenoxy) is 1. The molecule has 0 bridgehead atoms. The fourth-order valence-corrected chi connectivity index (χ4v) is 2.90. The highest BCUT2D eigenvalue weighted by molar-refractivity contribution is 6.10. The third kappa shape index (κ3) is 6.40. The summed E-state index contributed by atoms with van der Waals surface area (Å²) in [5, 5.41) is 8.67. The van der Waals surface area contributed by atoms with Crippen molar-refractivity contribution in [3.63, 3.8) is 0 Å². The lowest BCUT2D eigenvalue weighted by Crippen LogP contribution is -2.36. The van der Waals surface area contributed by atoms with Gasteiger partial charge in [0.15, 0.2) is 0 Å². The minimum Gasteiger partial charge on any atom is -0.495 e. The molecule has 8 nitrogen and oxygen atoms in total. The summed E-state index contributed by atoms with van der Waals surface area (Å²) in [5.74, 6) is 0.388. The summed E-state index contributed by atoms with van der Waals surface area (Å²) in [6.07, 6.45) is 3.38. The van der Waals surface area contributed by atoms with Crippen molar-refractivity contribution in [2.45, 2.75) is 20.4 Å². The van der Waals surface area contributed by atoms with Gasteiger partial charge in [0.05, 0.1) is 19.3 Å². The molecule has 0 aliphatic heterocycles. The smallest absolute Gasteiger partial charge is 0.257 e. The van der Waals surface area contributed by atoms with E-state index in [1.807, 2.05) is 37.3 Å². The molecule has 2 aromatic carbocycles. The molecule has 0 fully saturated rings. The van der Waals surface area contributed by atoms with Gasteiger partial charge in [0.1, 0.15) is 5.75 Å². The Morgan fingerprint density at radius 3 is 2.38 bits per heavy atom. The lowest BCUT2D eigenvalue weighted by molar-refractivity contribution is -0.114. The molecule has 0 aliphatic rings. The molecule has 3 rings (SSSR count). The first kappa shape index (κ1) is 22.5. The fraction of sp³-hybridized carbons (Fsp3) is 0.167. The molecule has 32 heavy (non-hydrogen) atoms. The summed E-state index contributed by atoms with van der Waals surface area (Å²) in [5.41, 5.74) is 3.70. The van der Waals surface area contributed by atoms with Crippen LogP contribution < -0.4 is 20.7 Å². The van der Waals surface area contributed by atoms with Crippen molar-refractivity contribution in [3.05, 3.63) is 83.7 Å². The average Bonchev–Trinajstić information content (AvgIpc) is 2.78. The van der Waals surface area contributed by atoms with Gasteiger partial charge in [-0.3, -0.25) is 19.9 Å². The number of hydrogen-bond donors (Lipinski definition) is 3. The molecule has 0 spiro atoms. The molecule has 164 valence electrons. The van der Waals surface area contributed by atoms with Gasteiger partial charge in [-0.25, -0.2) is 4.99 Å². The number of aliphatic imine (C=N–C) groups is 1. The number of benzene rings is 2. The number of nitrogens with zero attached hydrogens (tertiary/aromatic N) is 2. The quantitative estimate of drug-likeness (QED) is 0.407. The Morgan fingerprint density at radius 1 is 1.00 bits per heavy atom. The molecule has 3 N–H and O–H groups in total. The first-order valence-electron chi connectivity index (χ1n) is 9.98. The molecule has 3 aromatic rings. The summed E-state index contributed by atoms with van der Waals surface area (Å²) in [7, 11) is 1.58. The second-order valence-corrected chi connectivity index (χ2v) is 7.06. The van der Waals surface area contributed by atoms with E-state index in [2.05, 4.69) is 25.9 Å². The molecular formula is C24H25N5O3. The van der Waals surface area contributed by atoms with Gasteiger partial charge < -0.3 is 15.4 Å². The van der Waals surface area contributed by atoms with Crippen LogP contribution in [0, 0.1) is 6.92 Å². The van der Waals surface area contributed by atoms with E-state index in [0.717, 1.165) is 11.1 Å². The van der Waals surface area contributed by atoms with Crippen LogP contribution in [-0.4, -0.2) is 29.9 Å². The Hall–Kier alpha value is -4.20. The molecule has 0 radical (unpaired) electrons. The number of aromatic nitrogens is 1. The fourth-order valence-electron chi connectivity index (χ4n) is 2.90. The number of carbonyl (C=O) groups excluding carboxylic acids is 2. The lowest BCUT2D eigenvalue weighted by Gasteiger charge is -2.15. The maximum atomic E-state index is 12.9.